The zero-order valence-electron chi connectivity index (χ0n) is 14.4. The molecule has 0 radical (unpaired) electrons. The summed E-state index contributed by atoms with van der Waals surface area (Å²) in [5.41, 5.74) is 3.91. The molecule has 1 heterocycles. The number of hydrogen-bond acceptors (Lipinski definition) is 9. The fourth-order valence-corrected chi connectivity index (χ4v) is 2.89. The molecule has 142 valence electrons. The Balaban J connectivity index is 1.57. The lowest BCUT2D eigenvalue weighted by Crippen LogP contribution is -2.14. The normalized spacial score (nSPS) is 10.9. The number of nitrogen functional groups attached to an aromatic ring is 1. The first-order valence-electron chi connectivity index (χ1n) is 7.99. The average Bonchev–Trinajstić information content (AvgIpc) is 3.07. The van der Waals surface area contributed by atoms with Gasteiger partial charge < -0.3 is 5.84 Å². The van der Waals surface area contributed by atoms with Gasteiger partial charge >= 0.3 is 0 Å². The van der Waals surface area contributed by atoms with Crippen molar-refractivity contribution in [1.82, 2.24) is 14.9 Å². The zero-order valence-corrected chi connectivity index (χ0v) is 15.2. The predicted molar refractivity (Wildman–Crippen MR) is 106 cm³/mol. The Bertz CT molecular complexity index is 1000. The number of hydrogen-bond donors (Lipinski definition) is 2. The van der Waals surface area contributed by atoms with Gasteiger partial charge in [0.1, 0.15) is 0 Å². The van der Waals surface area contributed by atoms with Crippen molar-refractivity contribution in [3.05, 3.63) is 75.8 Å². The quantitative estimate of drug-likeness (QED) is 0.147. The van der Waals surface area contributed by atoms with Gasteiger partial charge in [-0.3, -0.25) is 14.9 Å². The molecule has 11 heteroatoms. The smallest absolute Gasteiger partial charge is 0.269 e. The Morgan fingerprint density at radius 1 is 1.21 bits per heavy atom. The van der Waals surface area contributed by atoms with E-state index in [0.717, 1.165) is 11.8 Å². The first kappa shape index (κ1) is 19.0. The first-order valence-corrected chi connectivity index (χ1v) is 8.98. The van der Waals surface area contributed by atoms with Crippen LogP contribution in [0, 0.1) is 10.1 Å². The van der Waals surface area contributed by atoms with Crippen molar-refractivity contribution in [2.75, 3.05) is 17.0 Å². The number of nitrogens with zero attached hydrogens (tertiary/aromatic N) is 5. The van der Waals surface area contributed by atoms with E-state index in [-0.39, 0.29) is 23.2 Å². The van der Waals surface area contributed by atoms with Crippen molar-refractivity contribution in [1.29, 1.82) is 0 Å². The molecular weight excluding hydrogens is 382 g/mol. The number of Topliss-reactive ketones (excluding diaryl/α,β-unsaturated/α-hetero) is 1. The molecule has 0 aliphatic heterocycles. The Morgan fingerprint density at radius 2 is 1.93 bits per heavy atom. The summed E-state index contributed by atoms with van der Waals surface area (Å²) < 4.78 is 1.19. The lowest BCUT2D eigenvalue weighted by atomic mass is 10.2. The van der Waals surface area contributed by atoms with Crippen molar-refractivity contribution in [2.24, 2.45) is 5.10 Å². The van der Waals surface area contributed by atoms with E-state index in [2.05, 4.69) is 20.7 Å². The molecule has 0 amide bonds. The highest BCUT2D eigenvalue weighted by atomic mass is 32.2. The third-order valence-electron chi connectivity index (χ3n) is 3.57. The van der Waals surface area contributed by atoms with Gasteiger partial charge in [-0.05, 0) is 17.7 Å². The van der Waals surface area contributed by atoms with E-state index in [1.165, 1.54) is 23.0 Å². The maximum atomic E-state index is 12.1. The summed E-state index contributed by atoms with van der Waals surface area (Å²) in [7, 11) is 0. The van der Waals surface area contributed by atoms with Gasteiger partial charge in [0.25, 0.3) is 11.6 Å². The number of carbonyl (C=O) groups excluding carboxylic acids is 1. The highest BCUT2D eigenvalue weighted by Crippen LogP contribution is 2.18. The summed E-state index contributed by atoms with van der Waals surface area (Å²) >= 11 is 1.16. The minimum absolute atomic E-state index is 0.00136. The van der Waals surface area contributed by atoms with Crippen LogP contribution < -0.4 is 11.3 Å². The maximum absolute atomic E-state index is 12.1. The van der Waals surface area contributed by atoms with Crippen molar-refractivity contribution < 1.29 is 9.72 Å². The number of nitrogens with one attached hydrogen (secondary N) is 1. The molecule has 10 nitrogen and oxygen atoms in total. The number of carbonyl (C=O) groups is 1. The van der Waals surface area contributed by atoms with Crippen molar-refractivity contribution in [2.45, 2.75) is 5.16 Å². The second kappa shape index (κ2) is 8.77. The maximum Gasteiger partial charge on any atom is 0.269 e. The fourth-order valence-electron chi connectivity index (χ4n) is 2.14. The molecule has 0 spiro atoms. The molecule has 0 bridgehead atoms. The molecule has 1 aromatic heterocycles. The topological polar surface area (TPSA) is 141 Å². The average molecular weight is 397 g/mol. The molecule has 0 unspecified atom stereocenters. The SMILES string of the molecule is Nn1c(N/N=C\c2ccc([N+](=O)[O-])cc2)nnc1SCC(=O)c1ccccc1. The van der Waals surface area contributed by atoms with Crippen LogP contribution in [0.15, 0.2) is 64.9 Å². The van der Waals surface area contributed by atoms with Gasteiger partial charge in [0.05, 0.1) is 16.9 Å². The summed E-state index contributed by atoms with van der Waals surface area (Å²) in [6.07, 6.45) is 1.46. The second-order valence-corrected chi connectivity index (χ2v) is 6.42. The lowest BCUT2D eigenvalue weighted by molar-refractivity contribution is -0.384. The number of nitro benzene ring substituents is 1. The molecule has 2 aromatic carbocycles. The number of rotatable bonds is 8. The molecule has 3 rings (SSSR count). The minimum Gasteiger partial charge on any atom is -0.334 e. The number of hydrazone groups is 1. The summed E-state index contributed by atoms with van der Waals surface area (Å²) in [5, 5.41) is 22.8. The molecule has 3 aromatic rings. The number of nitro groups is 1. The van der Waals surface area contributed by atoms with Gasteiger partial charge in [-0.25, -0.2) is 10.1 Å². The van der Waals surface area contributed by atoms with E-state index in [4.69, 9.17) is 5.84 Å². The molecule has 28 heavy (non-hydrogen) atoms. The largest absolute Gasteiger partial charge is 0.334 e. The van der Waals surface area contributed by atoms with Gasteiger partial charge in [0.2, 0.25) is 5.16 Å². The van der Waals surface area contributed by atoms with E-state index in [1.807, 2.05) is 6.07 Å². The van der Waals surface area contributed by atoms with Crippen LogP contribution in [0.4, 0.5) is 11.6 Å². The number of thioether (sulfide) groups is 1. The lowest BCUT2D eigenvalue weighted by Gasteiger charge is -2.03. The van der Waals surface area contributed by atoms with Gasteiger partial charge in [-0.15, -0.1) is 10.2 Å². The van der Waals surface area contributed by atoms with Crippen LogP contribution in [0.2, 0.25) is 0 Å². The molecule has 0 fully saturated rings. The first-order chi connectivity index (χ1) is 13.5. The second-order valence-electron chi connectivity index (χ2n) is 5.47. The Morgan fingerprint density at radius 3 is 2.61 bits per heavy atom. The number of anilines is 1. The summed E-state index contributed by atoms with van der Waals surface area (Å²) in [4.78, 5) is 22.3. The number of non-ortho nitro benzene ring substituents is 1. The third kappa shape index (κ3) is 4.71. The van der Waals surface area contributed by atoms with Crippen LogP contribution in [0.5, 0.6) is 0 Å². The molecule has 0 saturated carbocycles. The molecule has 0 aliphatic carbocycles. The van der Waals surface area contributed by atoms with Crippen LogP contribution in [0.3, 0.4) is 0 Å². The van der Waals surface area contributed by atoms with Gasteiger partial charge in [-0.2, -0.15) is 5.10 Å². The van der Waals surface area contributed by atoms with E-state index < -0.39 is 4.92 Å². The number of nitrogens with two attached hydrogens (primary N) is 1. The van der Waals surface area contributed by atoms with E-state index >= 15 is 0 Å². The summed E-state index contributed by atoms with van der Waals surface area (Å²) in [6, 6.07) is 14.8. The minimum atomic E-state index is -0.474. The molecule has 3 N–H and O–H groups in total. The fraction of sp³-hybridized carbons (Fsp3) is 0.0588. The standard InChI is InChI=1S/C17H15N7O3S/c18-23-16(20-19-10-12-6-8-14(9-7-12)24(26)27)21-22-17(23)28-11-15(25)13-4-2-1-3-5-13/h1-10H,11,18H2,(H,20,21)/b19-10-. The van der Waals surface area contributed by atoms with E-state index in [1.54, 1.807) is 36.4 Å². The molecule has 0 saturated heterocycles. The number of ketones is 1. The van der Waals surface area contributed by atoms with E-state index in [9.17, 15) is 14.9 Å². The van der Waals surface area contributed by atoms with Gasteiger partial charge in [-0.1, -0.05) is 42.1 Å². The van der Waals surface area contributed by atoms with Crippen LogP contribution in [-0.4, -0.2) is 37.5 Å². The predicted octanol–water partition coefficient (Wildman–Crippen LogP) is 2.32. The Kier molecular flexibility index (Phi) is 5.97. The summed E-state index contributed by atoms with van der Waals surface area (Å²) in [6.45, 7) is 0. The molecule has 0 aliphatic rings. The number of aromatic nitrogens is 3. The van der Waals surface area contributed by atoms with Crippen LogP contribution in [0.25, 0.3) is 0 Å². The third-order valence-corrected chi connectivity index (χ3v) is 4.52. The monoisotopic (exact) mass is 397 g/mol. The van der Waals surface area contributed by atoms with Gasteiger partial charge in [0, 0.05) is 17.7 Å². The van der Waals surface area contributed by atoms with Crippen molar-refractivity contribution >= 4 is 35.4 Å². The molecular formula is C17H15N7O3S. The van der Waals surface area contributed by atoms with Crippen LogP contribution >= 0.6 is 11.8 Å². The van der Waals surface area contributed by atoms with Gasteiger partial charge in [0.15, 0.2) is 5.78 Å². The van der Waals surface area contributed by atoms with Crippen LogP contribution in [0.1, 0.15) is 15.9 Å². The summed E-state index contributed by atoms with van der Waals surface area (Å²) in [5.74, 6) is 6.23. The zero-order chi connectivity index (χ0) is 19.9. The number of benzene rings is 2. The highest BCUT2D eigenvalue weighted by Gasteiger charge is 2.13. The Hall–Kier alpha value is -3.73. The highest BCUT2D eigenvalue weighted by molar-refractivity contribution is 7.99. The molecule has 0 atom stereocenters. The van der Waals surface area contributed by atoms with Crippen molar-refractivity contribution in [3.8, 4) is 0 Å². The van der Waals surface area contributed by atoms with E-state index in [0.29, 0.717) is 16.3 Å². The van der Waals surface area contributed by atoms with Crippen molar-refractivity contribution in [3.63, 3.8) is 0 Å². The Labute approximate surface area is 163 Å². The van der Waals surface area contributed by atoms with Crippen LogP contribution in [-0.2, 0) is 0 Å².